The van der Waals surface area contributed by atoms with Crippen LogP contribution < -0.4 is 0 Å². The van der Waals surface area contributed by atoms with E-state index in [1.807, 2.05) is 78.9 Å². The Morgan fingerprint density at radius 3 is 1.49 bits per heavy atom. The van der Waals surface area contributed by atoms with Gasteiger partial charge in [0.15, 0.2) is 17.5 Å². The molecule has 0 aliphatic rings. The van der Waals surface area contributed by atoms with E-state index in [0.29, 0.717) is 34.2 Å². The number of nitrogens with zero attached hydrogens (tertiary/aromatic N) is 4. The zero-order chi connectivity index (χ0) is 33.7. The minimum Gasteiger partial charge on any atom is -0.309 e. The van der Waals surface area contributed by atoms with E-state index in [-0.39, 0.29) is 0 Å². The van der Waals surface area contributed by atoms with Crippen molar-refractivity contribution in [3.63, 3.8) is 0 Å². The SMILES string of the molecule is Cc1ccc2c3ccc(C)cc3n(-c3ccc(-c4nc(-c5ccccc5)nc(-c5ccccc5)n4)c(-c4ccc(C(F)(F)F)cc4)c3)c2c1. The first-order valence-corrected chi connectivity index (χ1v) is 15.9. The van der Waals surface area contributed by atoms with Crippen LogP contribution in [0.25, 0.3) is 72.8 Å². The molecule has 49 heavy (non-hydrogen) atoms. The van der Waals surface area contributed by atoms with Crippen molar-refractivity contribution in [2.45, 2.75) is 20.0 Å². The quantitative estimate of drug-likeness (QED) is 0.187. The fraction of sp³-hybridized carbons (Fsp3) is 0.0714. The molecular formula is C42H29F3N4. The van der Waals surface area contributed by atoms with Crippen molar-refractivity contribution < 1.29 is 13.2 Å². The molecule has 0 bridgehead atoms. The summed E-state index contributed by atoms with van der Waals surface area (Å²) in [5, 5.41) is 2.25. The normalized spacial score (nSPS) is 11.8. The highest BCUT2D eigenvalue weighted by Crippen LogP contribution is 2.39. The van der Waals surface area contributed by atoms with Gasteiger partial charge in [0.2, 0.25) is 0 Å². The molecule has 0 aliphatic carbocycles. The Morgan fingerprint density at radius 1 is 0.469 bits per heavy atom. The van der Waals surface area contributed by atoms with Crippen LogP contribution in [-0.4, -0.2) is 19.5 Å². The summed E-state index contributed by atoms with van der Waals surface area (Å²) in [6.45, 7) is 4.14. The summed E-state index contributed by atoms with van der Waals surface area (Å²) in [5.74, 6) is 1.42. The molecule has 0 unspecified atom stereocenters. The second kappa shape index (κ2) is 11.9. The molecule has 2 heterocycles. The van der Waals surface area contributed by atoms with Gasteiger partial charge in [0, 0.05) is 33.2 Å². The highest BCUT2D eigenvalue weighted by Gasteiger charge is 2.30. The average molecular weight is 647 g/mol. The van der Waals surface area contributed by atoms with Crippen molar-refractivity contribution in [1.82, 2.24) is 19.5 Å². The van der Waals surface area contributed by atoms with Gasteiger partial charge in [0.25, 0.3) is 0 Å². The van der Waals surface area contributed by atoms with E-state index in [0.717, 1.165) is 61.9 Å². The van der Waals surface area contributed by atoms with Crippen molar-refractivity contribution in [3.05, 3.63) is 156 Å². The van der Waals surface area contributed by atoms with Crippen LogP contribution in [0, 0.1) is 13.8 Å². The summed E-state index contributed by atoms with van der Waals surface area (Å²) >= 11 is 0. The molecule has 0 aliphatic heterocycles. The number of aryl methyl sites for hydroxylation is 2. The molecule has 0 saturated heterocycles. The minimum atomic E-state index is -4.45. The van der Waals surface area contributed by atoms with Crippen molar-refractivity contribution in [2.24, 2.45) is 0 Å². The monoisotopic (exact) mass is 646 g/mol. The molecule has 8 aromatic rings. The lowest BCUT2D eigenvalue weighted by Gasteiger charge is -2.16. The van der Waals surface area contributed by atoms with Gasteiger partial charge in [0.05, 0.1) is 16.6 Å². The molecule has 0 spiro atoms. The van der Waals surface area contributed by atoms with E-state index < -0.39 is 11.7 Å². The van der Waals surface area contributed by atoms with E-state index in [2.05, 4.69) is 54.8 Å². The Hall–Kier alpha value is -6.08. The Kier molecular flexibility index (Phi) is 7.33. The molecule has 4 nitrogen and oxygen atoms in total. The first kappa shape index (κ1) is 30.3. The molecule has 8 rings (SSSR count). The van der Waals surface area contributed by atoms with Gasteiger partial charge in [-0.1, -0.05) is 97.1 Å². The topological polar surface area (TPSA) is 43.6 Å². The number of hydrogen-bond acceptors (Lipinski definition) is 3. The van der Waals surface area contributed by atoms with Crippen LogP contribution in [0.15, 0.2) is 140 Å². The predicted molar refractivity (Wildman–Crippen MR) is 190 cm³/mol. The summed E-state index contributed by atoms with van der Waals surface area (Å²) in [6.07, 6.45) is -4.45. The van der Waals surface area contributed by atoms with Gasteiger partial charge in [-0.05, 0) is 78.6 Å². The summed E-state index contributed by atoms with van der Waals surface area (Å²) in [4.78, 5) is 14.7. The summed E-state index contributed by atoms with van der Waals surface area (Å²) in [5.41, 5.74) is 8.14. The highest BCUT2D eigenvalue weighted by molar-refractivity contribution is 6.09. The Bertz CT molecular complexity index is 2370. The van der Waals surface area contributed by atoms with Gasteiger partial charge in [-0.25, -0.2) is 15.0 Å². The lowest BCUT2D eigenvalue weighted by Crippen LogP contribution is -2.04. The maximum absolute atomic E-state index is 13.7. The molecule has 2 aromatic heterocycles. The zero-order valence-electron chi connectivity index (χ0n) is 26.7. The average Bonchev–Trinajstić information content (AvgIpc) is 3.43. The lowest BCUT2D eigenvalue weighted by molar-refractivity contribution is -0.137. The van der Waals surface area contributed by atoms with Gasteiger partial charge in [-0.15, -0.1) is 0 Å². The maximum atomic E-state index is 13.7. The highest BCUT2D eigenvalue weighted by atomic mass is 19.4. The molecular weight excluding hydrogens is 617 g/mol. The van der Waals surface area contributed by atoms with Crippen molar-refractivity contribution in [2.75, 3.05) is 0 Å². The minimum absolute atomic E-state index is 0.420. The maximum Gasteiger partial charge on any atom is 0.416 e. The Labute approximate surface area is 281 Å². The number of benzene rings is 6. The zero-order valence-corrected chi connectivity index (χ0v) is 26.7. The molecule has 6 aromatic carbocycles. The third-order valence-electron chi connectivity index (χ3n) is 8.80. The van der Waals surface area contributed by atoms with Crippen LogP contribution in [-0.2, 0) is 6.18 Å². The second-order valence-corrected chi connectivity index (χ2v) is 12.2. The van der Waals surface area contributed by atoms with Gasteiger partial charge < -0.3 is 4.57 Å². The van der Waals surface area contributed by atoms with Gasteiger partial charge in [0.1, 0.15) is 0 Å². The van der Waals surface area contributed by atoms with Crippen molar-refractivity contribution >= 4 is 21.8 Å². The third-order valence-corrected chi connectivity index (χ3v) is 8.80. The number of rotatable bonds is 5. The predicted octanol–water partition coefficient (Wildman–Crippen LogP) is 11.3. The largest absolute Gasteiger partial charge is 0.416 e. The van der Waals surface area contributed by atoms with Gasteiger partial charge in [-0.3, -0.25) is 0 Å². The van der Waals surface area contributed by atoms with E-state index >= 15 is 0 Å². The van der Waals surface area contributed by atoms with Crippen LogP contribution in [0.1, 0.15) is 16.7 Å². The standard InChI is InChI=1S/C42H29F3N4/c1-26-13-20-33-34-21-14-27(2)24-38(34)49(37(33)23-26)32-19-22-35(36(25-32)28-15-17-31(18-16-28)42(43,44)45)41-47-39(29-9-5-3-6-10-29)46-40(48-41)30-11-7-4-8-12-30/h3-25H,1-2H3. The van der Waals surface area contributed by atoms with E-state index in [1.54, 1.807) is 0 Å². The van der Waals surface area contributed by atoms with Crippen LogP contribution in [0.3, 0.4) is 0 Å². The fourth-order valence-corrected chi connectivity index (χ4v) is 6.39. The smallest absolute Gasteiger partial charge is 0.309 e. The van der Waals surface area contributed by atoms with E-state index in [4.69, 9.17) is 15.0 Å². The second-order valence-electron chi connectivity index (χ2n) is 12.2. The number of hydrogen-bond donors (Lipinski definition) is 0. The van der Waals surface area contributed by atoms with E-state index in [1.165, 1.54) is 12.1 Å². The molecule has 0 radical (unpaired) electrons. The summed E-state index contributed by atoms with van der Waals surface area (Å²) < 4.78 is 43.2. The molecule has 0 fully saturated rings. The van der Waals surface area contributed by atoms with Gasteiger partial charge >= 0.3 is 6.18 Å². The number of fused-ring (bicyclic) bond motifs is 3. The molecule has 0 N–H and O–H groups in total. The molecule has 7 heteroatoms. The summed E-state index contributed by atoms with van der Waals surface area (Å²) in [7, 11) is 0. The molecule has 0 atom stereocenters. The van der Waals surface area contributed by atoms with Crippen LogP contribution >= 0.6 is 0 Å². The molecule has 238 valence electrons. The third kappa shape index (κ3) is 5.63. The lowest BCUT2D eigenvalue weighted by atomic mass is 9.97. The van der Waals surface area contributed by atoms with Crippen molar-refractivity contribution in [3.8, 4) is 51.0 Å². The van der Waals surface area contributed by atoms with Crippen LogP contribution in [0.2, 0.25) is 0 Å². The van der Waals surface area contributed by atoms with Crippen molar-refractivity contribution in [1.29, 1.82) is 0 Å². The van der Waals surface area contributed by atoms with Crippen LogP contribution in [0.5, 0.6) is 0 Å². The molecule has 0 saturated carbocycles. The number of aromatic nitrogens is 4. The Balaban J connectivity index is 1.40. The number of halogens is 3. The van der Waals surface area contributed by atoms with E-state index in [9.17, 15) is 13.2 Å². The van der Waals surface area contributed by atoms with Gasteiger partial charge in [-0.2, -0.15) is 13.2 Å². The molecule has 0 amide bonds. The van der Waals surface area contributed by atoms with Crippen LogP contribution in [0.4, 0.5) is 13.2 Å². The first-order chi connectivity index (χ1) is 23.7. The summed E-state index contributed by atoms with van der Waals surface area (Å²) in [6, 6.07) is 43.5. The number of alkyl halides is 3. The first-order valence-electron chi connectivity index (χ1n) is 15.9. The fourth-order valence-electron chi connectivity index (χ4n) is 6.39. The Morgan fingerprint density at radius 2 is 0.980 bits per heavy atom.